The summed E-state index contributed by atoms with van der Waals surface area (Å²) in [6.45, 7) is 0. The molecule has 1 N–H and O–H groups in total. The fraction of sp³-hybridized carbons (Fsp3) is 0. The molecule has 0 amide bonds. The monoisotopic (exact) mass is 397 g/mol. The van der Waals surface area contributed by atoms with E-state index in [1.54, 1.807) is 41.8 Å². The first kappa shape index (κ1) is 17.3. The molecule has 140 valence electrons. The maximum Gasteiger partial charge on any atom is 0.227 e. The number of carbonyl (C=O) groups excluding carboxylic acids is 1. The SMILES string of the molecule is O=C(c1ccccc1)c1cnc2c(-c3cc(-c4ccccc4)cs3)cnn2c1O. The topological polar surface area (TPSA) is 67.5 Å². The number of aromatic hydroxyl groups is 1. The summed E-state index contributed by atoms with van der Waals surface area (Å²) in [4.78, 5) is 18.1. The number of thiophene rings is 1. The first-order valence-corrected chi connectivity index (χ1v) is 9.90. The molecule has 6 heteroatoms. The highest BCUT2D eigenvalue weighted by atomic mass is 32.1. The summed E-state index contributed by atoms with van der Waals surface area (Å²) in [6.07, 6.45) is 3.08. The summed E-state index contributed by atoms with van der Waals surface area (Å²) in [5.41, 5.74) is 4.18. The summed E-state index contributed by atoms with van der Waals surface area (Å²) >= 11 is 1.59. The van der Waals surface area contributed by atoms with Gasteiger partial charge in [0, 0.05) is 16.6 Å². The number of benzene rings is 2. The normalized spacial score (nSPS) is 11.0. The van der Waals surface area contributed by atoms with Crippen LogP contribution in [0.3, 0.4) is 0 Å². The van der Waals surface area contributed by atoms with Gasteiger partial charge in [0.15, 0.2) is 11.4 Å². The first-order chi connectivity index (χ1) is 14.2. The lowest BCUT2D eigenvalue weighted by Crippen LogP contribution is -2.05. The maximum atomic E-state index is 12.7. The van der Waals surface area contributed by atoms with Crippen LogP contribution in [0.2, 0.25) is 0 Å². The van der Waals surface area contributed by atoms with Gasteiger partial charge >= 0.3 is 0 Å². The number of hydrogen-bond donors (Lipinski definition) is 1. The zero-order valence-electron chi connectivity index (χ0n) is 15.2. The van der Waals surface area contributed by atoms with E-state index in [0.29, 0.717) is 11.2 Å². The molecule has 0 unspecified atom stereocenters. The van der Waals surface area contributed by atoms with Crippen molar-refractivity contribution in [2.24, 2.45) is 0 Å². The van der Waals surface area contributed by atoms with Crippen LogP contribution < -0.4 is 0 Å². The molecule has 5 aromatic rings. The molecule has 0 bridgehead atoms. The highest BCUT2D eigenvalue weighted by Crippen LogP contribution is 2.35. The van der Waals surface area contributed by atoms with E-state index in [0.717, 1.165) is 21.6 Å². The molecule has 2 aromatic carbocycles. The van der Waals surface area contributed by atoms with Gasteiger partial charge in [-0.05, 0) is 22.6 Å². The van der Waals surface area contributed by atoms with Crippen molar-refractivity contribution in [2.45, 2.75) is 0 Å². The van der Waals surface area contributed by atoms with E-state index in [1.165, 1.54) is 10.7 Å². The van der Waals surface area contributed by atoms with Crippen LogP contribution in [0.5, 0.6) is 5.88 Å². The molecule has 5 rings (SSSR count). The Morgan fingerprint density at radius 1 is 0.931 bits per heavy atom. The van der Waals surface area contributed by atoms with Crippen LogP contribution in [0.1, 0.15) is 15.9 Å². The molecular weight excluding hydrogens is 382 g/mol. The average Bonchev–Trinajstić information content (AvgIpc) is 3.42. The van der Waals surface area contributed by atoms with Gasteiger partial charge in [-0.3, -0.25) is 4.79 Å². The van der Waals surface area contributed by atoms with Gasteiger partial charge in [-0.1, -0.05) is 60.7 Å². The molecular formula is C23H15N3O2S. The lowest BCUT2D eigenvalue weighted by molar-refractivity contribution is 0.103. The van der Waals surface area contributed by atoms with Gasteiger partial charge in [-0.2, -0.15) is 9.61 Å². The van der Waals surface area contributed by atoms with E-state index in [-0.39, 0.29) is 17.2 Å². The minimum absolute atomic E-state index is 0.120. The molecule has 0 aliphatic carbocycles. The minimum atomic E-state index is -0.294. The zero-order chi connectivity index (χ0) is 19.8. The fourth-order valence-electron chi connectivity index (χ4n) is 3.26. The number of ketones is 1. The third-order valence-corrected chi connectivity index (χ3v) is 5.72. The van der Waals surface area contributed by atoms with Gasteiger partial charge in [0.1, 0.15) is 5.56 Å². The maximum absolute atomic E-state index is 12.7. The van der Waals surface area contributed by atoms with Gasteiger partial charge in [-0.15, -0.1) is 11.3 Å². The van der Waals surface area contributed by atoms with E-state index in [9.17, 15) is 9.90 Å². The molecule has 3 heterocycles. The Morgan fingerprint density at radius 2 is 1.66 bits per heavy atom. The largest absolute Gasteiger partial charge is 0.493 e. The number of carbonyl (C=O) groups is 1. The van der Waals surface area contributed by atoms with Crippen LogP contribution in [0, 0.1) is 0 Å². The highest BCUT2D eigenvalue weighted by molar-refractivity contribution is 7.14. The second-order valence-electron chi connectivity index (χ2n) is 6.55. The number of hydrogen-bond acceptors (Lipinski definition) is 5. The molecule has 0 saturated carbocycles. The molecule has 0 spiro atoms. The van der Waals surface area contributed by atoms with Crippen molar-refractivity contribution in [3.8, 4) is 27.4 Å². The summed E-state index contributed by atoms with van der Waals surface area (Å²) in [7, 11) is 0. The van der Waals surface area contributed by atoms with Gasteiger partial charge < -0.3 is 5.11 Å². The quantitative estimate of drug-likeness (QED) is 0.430. The molecule has 0 aliphatic rings. The molecule has 0 radical (unpaired) electrons. The fourth-order valence-corrected chi connectivity index (χ4v) is 4.18. The van der Waals surface area contributed by atoms with Gasteiger partial charge in [0.05, 0.1) is 11.8 Å². The third-order valence-electron chi connectivity index (χ3n) is 4.75. The van der Waals surface area contributed by atoms with E-state index < -0.39 is 0 Å². The number of nitrogens with zero attached hydrogens (tertiary/aromatic N) is 3. The lowest BCUT2D eigenvalue weighted by Gasteiger charge is -2.05. The summed E-state index contributed by atoms with van der Waals surface area (Å²) in [5, 5.41) is 17.0. The molecule has 0 atom stereocenters. The average molecular weight is 397 g/mol. The van der Waals surface area contributed by atoms with E-state index >= 15 is 0 Å². The van der Waals surface area contributed by atoms with Gasteiger partial charge in [0.2, 0.25) is 5.88 Å². The van der Waals surface area contributed by atoms with E-state index in [2.05, 4.69) is 33.7 Å². The Morgan fingerprint density at radius 3 is 2.41 bits per heavy atom. The summed E-state index contributed by atoms with van der Waals surface area (Å²) in [5.74, 6) is -0.507. The summed E-state index contributed by atoms with van der Waals surface area (Å²) < 4.78 is 1.31. The van der Waals surface area contributed by atoms with Gasteiger partial charge in [-0.25, -0.2) is 4.98 Å². The minimum Gasteiger partial charge on any atom is -0.493 e. The van der Waals surface area contributed by atoms with Crippen molar-refractivity contribution in [3.05, 3.63) is 95.6 Å². The van der Waals surface area contributed by atoms with Crippen molar-refractivity contribution in [3.63, 3.8) is 0 Å². The molecule has 3 aromatic heterocycles. The molecule has 0 saturated heterocycles. The van der Waals surface area contributed by atoms with Crippen LogP contribution in [0.25, 0.3) is 27.2 Å². The standard InChI is InChI=1S/C23H15N3O2S/c27-21(16-9-5-2-6-10-16)19-12-24-22-18(13-25-26(22)23(19)28)20-11-17(14-29-20)15-7-3-1-4-8-15/h1-14,28H. The first-order valence-electron chi connectivity index (χ1n) is 9.02. The molecule has 5 nitrogen and oxygen atoms in total. The van der Waals surface area contributed by atoms with E-state index in [4.69, 9.17) is 0 Å². The zero-order valence-corrected chi connectivity index (χ0v) is 16.0. The van der Waals surface area contributed by atoms with Crippen LogP contribution in [-0.2, 0) is 0 Å². The third kappa shape index (κ3) is 2.99. The van der Waals surface area contributed by atoms with Gasteiger partial charge in [0.25, 0.3) is 0 Å². The summed E-state index contributed by atoms with van der Waals surface area (Å²) in [6, 6.07) is 21.0. The predicted molar refractivity (Wildman–Crippen MR) is 113 cm³/mol. The van der Waals surface area contributed by atoms with Crippen LogP contribution in [0.15, 0.2) is 84.5 Å². The number of aromatic nitrogens is 3. The second-order valence-corrected chi connectivity index (χ2v) is 7.46. The van der Waals surface area contributed by atoms with Crippen molar-refractivity contribution >= 4 is 22.8 Å². The van der Waals surface area contributed by atoms with Crippen LogP contribution in [0.4, 0.5) is 0 Å². The Kier molecular flexibility index (Phi) is 4.18. The Bertz CT molecular complexity index is 1320. The van der Waals surface area contributed by atoms with E-state index in [1.807, 2.05) is 24.3 Å². The highest BCUT2D eigenvalue weighted by Gasteiger charge is 2.20. The lowest BCUT2D eigenvalue weighted by atomic mass is 10.1. The Labute approximate surface area is 170 Å². The Balaban J connectivity index is 1.56. The van der Waals surface area contributed by atoms with Crippen molar-refractivity contribution < 1.29 is 9.90 Å². The van der Waals surface area contributed by atoms with Crippen molar-refractivity contribution in [2.75, 3.05) is 0 Å². The van der Waals surface area contributed by atoms with Crippen molar-refractivity contribution in [1.29, 1.82) is 0 Å². The van der Waals surface area contributed by atoms with Crippen LogP contribution >= 0.6 is 11.3 Å². The van der Waals surface area contributed by atoms with Crippen LogP contribution in [-0.4, -0.2) is 25.5 Å². The molecule has 29 heavy (non-hydrogen) atoms. The second kappa shape index (κ2) is 7.00. The number of fused-ring (bicyclic) bond motifs is 1. The number of rotatable bonds is 4. The smallest absolute Gasteiger partial charge is 0.227 e. The van der Waals surface area contributed by atoms with Crippen molar-refractivity contribution in [1.82, 2.24) is 14.6 Å². The molecule has 0 fully saturated rings. The predicted octanol–water partition coefficient (Wildman–Crippen LogP) is 5.06. The molecule has 0 aliphatic heterocycles. The Hall–Kier alpha value is -3.77.